The van der Waals surface area contributed by atoms with Gasteiger partial charge in [-0.1, -0.05) is 133 Å². The molecule has 14 aromatic rings. The summed E-state index contributed by atoms with van der Waals surface area (Å²) in [6.45, 7) is 0. The summed E-state index contributed by atoms with van der Waals surface area (Å²) in [7, 11) is 0. The van der Waals surface area contributed by atoms with Crippen molar-refractivity contribution in [3.63, 3.8) is 0 Å². The lowest BCUT2D eigenvalue weighted by Gasteiger charge is -2.10. The van der Waals surface area contributed by atoms with Crippen molar-refractivity contribution in [1.82, 2.24) is 19.1 Å². The predicted octanol–water partition coefficient (Wildman–Crippen LogP) is 15.5. The first-order chi connectivity index (χ1) is 31.7. The van der Waals surface area contributed by atoms with Crippen LogP contribution in [0.25, 0.3) is 133 Å². The minimum Gasteiger partial charge on any atom is -0.435 e. The smallest absolute Gasteiger partial charge is 0.227 e. The number of benzene rings is 10. The van der Waals surface area contributed by atoms with Crippen LogP contribution < -0.4 is 0 Å². The largest absolute Gasteiger partial charge is 0.435 e. The van der Waals surface area contributed by atoms with Gasteiger partial charge >= 0.3 is 0 Å². The predicted molar refractivity (Wildman–Crippen MR) is 262 cm³/mol. The molecular weight excluding hydrogens is 785 g/mol. The second-order valence-corrected chi connectivity index (χ2v) is 16.5. The Bertz CT molecular complexity index is 3910. The van der Waals surface area contributed by atoms with Crippen LogP contribution in [0.2, 0.25) is 0 Å². The van der Waals surface area contributed by atoms with Crippen LogP contribution in [0.15, 0.2) is 215 Å². The van der Waals surface area contributed by atoms with E-state index in [-0.39, 0.29) is 0 Å². The number of fused-ring (bicyclic) bond motifs is 12. The standard InChI is InChI=1S/C58H34N4O2/c1-3-13-41-35(11-1)27-33-45-43-15-5-7-21-51(43)61(53(41)45)39-29-23-37(24-30-39)57-59-49-19-9-17-47(55(49)63-57)48-18-10-20-50-56(48)64-58(60-50)38-25-31-40(32-26-38)62-52-22-8-6-16-44(52)46-34-28-36-12-2-4-14-42(36)54(46)62/h1-34H. The maximum Gasteiger partial charge on any atom is 0.227 e. The van der Waals surface area contributed by atoms with E-state index < -0.39 is 0 Å². The first kappa shape index (κ1) is 34.9. The monoisotopic (exact) mass is 818 g/mol. The second-order valence-electron chi connectivity index (χ2n) is 16.5. The van der Waals surface area contributed by atoms with Crippen LogP contribution in [0.4, 0.5) is 0 Å². The van der Waals surface area contributed by atoms with Crippen LogP contribution in [0.5, 0.6) is 0 Å². The average Bonchev–Trinajstić information content (AvgIpc) is 4.15. The highest BCUT2D eigenvalue weighted by molar-refractivity contribution is 6.20. The van der Waals surface area contributed by atoms with Crippen molar-refractivity contribution < 1.29 is 8.83 Å². The summed E-state index contributed by atoms with van der Waals surface area (Å²) < 4.78 is 18.1. The van der Waals surface area contributed by atoms with Gasteiger partial charge in [0.25, 0.3) is 0 Å². The third-order valence-electron chi connectivity index (χ3n) is 13.0. The molecular formula is C58H34N4O2. The second kappa shape index (κ2) is 13.4. The minimum absolute atomic E-state index is 0.559. The van der Waals surface area contributed by atoms with E-state index in [0.29, 0.717) is 22.9 Å². The molecule has 6 nitrogen and oxygen atoms in total. The molecule has 0 saturated heterocycles. The van der Waals surface area contributed by atoms with Gasteiger partial charge in [0.2, 0.25) is 11.8 Å². The van der Waals surface area contributed by atoms with Crippen LogP contribution in [0, 0.1) is 0 Å². The molecule has 0 amide bonds. The first-order valence-electron chi connectivity index (χ1n) is 21.6. The summed E-state index contributed by atoms with van der Waals surface area (Å²) in [5, 5.41) is 9.82. The maximum absolute atomic E-state index is 6.66. The number of para-hydroxylation sites is 4. The first-order valence-corrected chi connectivity index (χ1v) is 21.6. The molecule has 0 fully saturated rings. The van der Waals surface area contributed by atoms with Gasteiger partial charge in [-0.25, -0.2) is 9.97 Å². The van der Waals surface area contributed by atoms with Crippen LogP contribution in [-0.4, -0.2) is 19.1 Å². The minimum atomic E-state index is 0.559. The van der Waals surface area contributed by atoms with E-state index in [4.69, 9.17) is 18.8 Å². The molecule has 4 heterocycles. The highest BCUT2D eigenvalue weighted by Crippen LogP contribution is 2.41. The Kier molecular flexibility index (Phi) is 7.30. The SMILES string of the molecule is c1ccc2c(c1)ccc1c3ccccc3n(-c3ccc(-c4nc5cccc(-c6cccc7nc(-c8ccc(-n9c%10ccccc%10c%10ccc%11ccccc%11c%109)cc8)oc67)c5o4)cc3)c21. The third kappa shape index (κ3) is 5.08. The molecule has 0 spiro atoms. The normalized spacial score (nSPS) is 12.1. The molecule has 0 aliphatic rings. The van der Waals surface area contributed by atoms with Crippen LogP contribution >= 0.6 is 0 Å². The molecule has 0 saturated carbocycles. The number of oxazole rings is 2. The topological polar surface area (TPSA) is 61.9 Å². The fourth-order valence-electron chi connectivity index (χ4n) is 10.1. The molecule has 14 rings (SSSR count). The Morgan fingerprint density at radius 3 is 1.17 bits per heavy atom. The van der Waals surface area contributed by atoms with Gasteiger partial charge < -0.3 is 18.0 Å². The lowest BCUT2D eigenvalue weighted by atomic mass is 10.0. The lowest BCUT2D eigenvalue weighted by Crippen LogP contribution is -1.94. The lowest BCUT2D eigenvalue weighted by molar-refractivity contribution is 0.616. The van der Waals surface area contributed by atoms with Gasteiger partial charge in [0.05, 0.1) is 22.1 Å². The molecule has 0 unspecified atom stereocenters. The molecule has 0 N–H and O–H groups in total. The van der Waals surface area contributed by atoms with Crippen molar-refractivity contribution in [3.05, 3.63) is 206 Å². The Labute approximate surface area is 365 Å². The zero-order chi connectivity index (χ0) is 41.9. The average molecular weight is 819 g/mol. The van der Waals surface area contributed by atoms with Gasteiger partial charge in [-0.2, -0.15) is 0 Å². The Balaban J connectivity index is 0.828. The van der Waals surface area contributed by atoms with Gasteiger partial charge in [-0.05, 0) is 83.6 Å². The van der Waals surface area contributed by atoms with Gasteiger partial charge in [0.15, 0.2) is 11.2 Å². The van der Waals surface area contributed by atoms with Crippen molar-refractivity contribution in [2.45, 2.75) is 0 Å². The quantitative estimate of drug-likeness (QED) is 0.174. The molecule has 0 bridgehead atoms. The number of hydrogen-bond donors (Lipinski definition) is 0. The molecule has 0 aliphatic heterocycles. The molecule has 64 heavy (non-hydrogen) atoms. The highest BCUT2D eigenvalue weighted by Gasteiger charge is 2.21. The Morgan fingerprint density at radius 1 is 0.312 bits per heavy atom. The zero-order valence-electron chi connectivity index (χ0n) is 34.2. The molecule has 10 aromatic carbocycles. The molecule has 0 radical (unpaired) electrons. The van der Waals surface area contributed by atoms with Crippen molar-refractivity contribution in [2.75, 3.05) is 0 Å². The van der Waals surface area contributed by atoms with E-state index >= 15 is 0 Å². The highest BCUT2D eigenvalue weighted by atomic mass is 16.4. The number of nitrogens with zero attached hydrogens (tertiary/aromatic N) is 4. The summed E-state index contributed by atoms with van der Waals surface area (Å²) >= 11 is 0. The van der Waals surface area contributed by atoms with E-state index in [2.05, 4.69) is 191 Å². The summed E-state index contributed by atoms with van der Waals surface area (Å²) in [4.78, 5) is 9.99. The summed E-state index contributed by atoms with van der Waals surface area (Å²) in [6.07, 6.45) is 0. The van der Waals surface area contributed by atoms with Crippen molar-refractivity contribution in [3.8, 4) is 45.4 Å². The van der Waals surface area contributed by atoms with E-state index in [9.17, 15) is 0 Å². The molecule has 0 atom stereocenters. The van der Waals surface area contributed by atoms with Gasteiger partial charge in [-0.3, -0.25) is 0 Å². The molecule has 0 aliphatic carbocycles. The number of aromatic nitrogens is 4. The zero-order valence-corrected chi connectivity index (χ0v) is 34.2. The van der Waals surface area contributed by atoms with Crippen molar-refractivity contribution in [2.24, 2.45) is 0 Å². The van der Waals surface area contributed by atoms with E-state index in [1.807, 2.05) is 24.3 Å². The number of hydrogen-bond acceptors (Lipinski definition) is 4. The molecule has 298 valence electrons. The maximum atomic E-state index is 6.66. The van der Waals surface area contributed by atoms with Crippen molar-refractivity contribution >= 4 is 87.4 Å². The van der Waals surface area contributed by atoms with Gasteiger partial charge in [-0.15, -0.1) is 0 Å². The molecule has 6 heteroatoms. The van der Waals surface area contributed by atoms with Crippen LogP contribution in [0.1, 0.15) is 0 Å². The number of rotatable bonds is 5. The third-order valence-corrected chi connectivity index (χ3v) is 13.0. The van der Waals surface area contributed by atoms with E-state index in [1.54, 1.807) is 0 Å². The van der Waals surface area contributed by atoms with Crippen molar-refractivity contribution in [1.29, 1.82) is 0 Å². The summed E-state index contributed by atoms with van der Waals surface area (Å²) in [5.41, 5.74) is 13.4. The molecule has 4 aromatic heterocycles. The fraction of sp³-hybridized carbons (Fsp3) is 0. The Hall–Kier alpha value is -8.74. The van der Waals surface area contributed by atoms with Gasteiger partial charge in [0, 0.05) is 65.9 Å². The van der Waals surface area contributed by atoms with Gasteiger partial charge in [0.1, 0.15) is 11.0 Å². The summed E-state index contributed by atoms with van der Waals surface area (Å²) in [5.74, 6) is 1.12. The Morgan fingerprint density at radius 2 is 0.719 bits per heavy atom. The van der Waals surface area contributed by atoms with Crippen LogP contribution in [-0.2, 0) is 0 Å². The summed E-state index contributed by atoms with van der Waals surface area (Å²) in [6, 6.07) is 72.6. The van der Waals surface area contributed by atoms with Crippen LogP contribution in [0.3, 0.4) is 0 Å². The fourth-order valence-corrected chi connectivity index (χ4v) is 10.1. The van der Waals surface area contributed by atoms with E-state index in [1.165, 1.54) is 65.2 Å². The van der Waals surface area contributed by atoms with E-state index in [0.717, 1.165) is 44.7 Å².